The van der Waals surface area contributed by atoms with E-state index in [-0.39, 0.29) is 18.3 Å². The molecule has 156 valence electrons. The third-order valence-electron chi connectivity index (χ3n) is 4.54. The molecule has 0 saturated heterocycles. The molecule has 4 aromatic rings. The highest BCUT2D eigenvalue weighted by atomic mass is 19.1. The average molecular weight is 417 g/mol. The summed E-state index contributed by atoms with van der Waals surface area (Å²) >= 11 is 0. The van der Waals surface area contributed by atoms with E-state index in [1.807, 2.05) is 24.3 Å². The van der Waals surface area contributed by atoms with Crippen molar-refractivity contribution >= 4 is 11.7 Å². The van der Waals surface area contributed by atoms with E-state index in [0.717, 1.165) is 11.3 Å². The van der Waals surface area contributed by atoms with Crippen LogP contribution in [-0.2, 0) is 13.0 Å². The second-order valence-corrected chi connectivity index (χ2v) is 6.75. The molecule has 8 nitrogen and oxygen atoms in total. The molecule has 3 N–H and O–H groups in total. The van der Waals surface area contributed by atoms with Gasteiger partial charge in [-0.2, -0.15) is 5.10 Å². The normalized spacial score (nSPS) is 10.6. The molecule has 3 aromatic heterocycles. The predicted molar refractivity (Wildman–Crippen MR) is 114 cm³/mol. The number of carbonyl (C=O) groups is 1. The Morgan fingerprint density at radius 2 is 2.03 bits per heavy atom. The monoisotopic (exact) mass is 417 g/mol. The van der Waals surface area contributed by atoms with Crippen LogP contribution in [0.2, 0.25) is 0 Å². The number of anilines is 1. The van der Waals surface area contributed by atoms with Crippen molar-refractivity contribution in [1.29, 1.82) is 0 Å². The topological polar surface area (TPSA) is 108 Å². The van der Waals surface area contributed by atoms with Crippen molar-refractivity contribution in [3.05, 3.63) is 89.9 Å². The molecule has 0 unspecified atom stereocenters. The first-order valence-corrected chi connectivity index (χ1v) is 9.71. The van der Waals surface area contributed by atoms with Gasteiger partial charge in [-0.3, -0.25) is 14.9 Å². The summed E-state index contributed by atoms with van der Waals surface area (Å²) in [5.74, 6) is 0.221. The molecule has 31 heavy (non-hydrogen) atoms. The van der Waals surface area contributed by atoms with Crippen molar-refractivity contribution in [2.75, 3.05) is 11.9 Å². The summed E-state index contributed by atoms with van der Waals surface area (Å²) in [4.78, 5) is 25.8. The van der Waals surface area contributed by atoms with Crippen LogP contribution in [0.3, 0.4) is 0 Å². The van der Waals surface area contributed by atoms with Gasteiger partial charge in [-0.05, 0) is 36.2 Å². The van der Waals surface area contributed by atoms with E-state index in [1.54, 1.807) is 24.7 Å². The number of carbonyl (C=O) groups excluding carboxylic acids is 1. The Morgan fingerprint density at radius 1 is 1.10 bits per heavy atom. The number of aromatic amines is 1. The minimum atomic E-state index is -0.322. The first-order chi connectivity index (χ1) is 15.2. The zero-order valence-corrected chi connectivity index (χ0v) is 16.5. The van der Waals surface area contributed by atoms with Gasteiger partial charge in [0.1, 0.15) is 17.2 Å². The van der Waals surface area contributed by atoms with Crippen molar-refractivity contribution < 1.29 is 9.18 Å². The average Bonchev–Trinajstić information content (AvgIpc) is 3.33. The molecule has 0 fully saturated rings. The number of benzene rings is 1. The fraction of sp³-hybridized carbons (Fsp3) is 0.136. The van der Waals surface area contributed by atoms with Crippen molar-refractivity contribution in [2.24, 2.45) is 0 Å². The Labute approximate surface area is 178 Å². The summed E-state index contributed by atoms with van der Waals surface area (Å²) in [7, 11) is 0. The molecule has 1 aromatic carbocycles. The third kappa shape index (κ3) is 5.27. The number of nitrogens with one attached hydrogen (secondary N) is 3. The van der Waals surface area contributed by atoms with Gasteiger partial charge in [0.25, 0.3) is 5.91 Å². The van der Waals surface area contributed by atoms with E-state index >= 15 is 0 Å². The smallest absolute Gasteiger partial charge is 0.256 e. The Morgan fingerprint density at radius 3 is 2.81 bits per heavy atom. The number of halogens is 1. The summed E-state index contributed by atoms with van der Waals surface area (Å²) in [5.41, 5.74) is 2.60. The van der Waals surface area contributed by atoms with Gasteiger partial charge in [0, 0.05) is 25.1 Å². The van der Waals surface area contributed by atoms with Gasteiger partial charge in [0.05, 0.1) is 24.0 Å². The highest BCUT2D eigenvalue weighted by molar-refractivity contribution is 5.98. The quantitative estimate of drug-likeness (QED) is 0.407. The number of pyridine rings is 1. The molecular formula is C22H20FN7O. The van der Waals surface area contributed by atoms with E-state index in [2.05, 4.69) is 35.8 Å². The van der Waals surface area contributed by atoms with Gasteiger partial charge in [-0.1, -0.05) is 18.2 Å². The maximum Gasteiger partial charge on any atom is 0.256 e. The summed E-state index contributed by atoms with van der Waals surface area (Å²) in [6.07, 6.45) is 6.99. The van der Waals surface area contributed by atoms with Crippen LogP contribution in [0.4, 0.5) is 10.2 Å². The summed E-state index contributed by atoms with van der Waals surface area (Å²) in [6.45, 7) is 0.748. The lowest BCUT2D eigenvalue weighted by Crippen LogP contribution is -2.25. The van der Waals surface area contributed by atoms with Gasteiger partial charge in [0.15, 0.2) is 5.82 Å². The largest absolute Gasteiger partial charge is 0.369 e. The van der Waals surface area contributed by atoms with Gasteiger partial charge >= 0.3 is 0 Å². The van der Waals surface area contributed by atoms with Crippen LogP contribution in [-0.4, -0.2) is 37.6 Å². The molecule has 0 bridgehead atoms. The molecule has 3 heterocycles. The molecule has 0 aliphatic rings. The fourth-order valence-corrected chi connectivity index (χ4v) is 2.98. The standard InChI is InChI=1S/C22H20FN7O/c23-17-5-3-4-15(10-17)7-9-25-21-19(14-26-20(30-21)16-11-28-29-12-16)22(31)27-13-18-6-1-2-8-24-18/h1-6,8,10-12,14H,7,9,13H2,(H,27,31)(H,28,29)(H,25,26,30). The number of nitrogens with zero attached hydrogens (tertiary/aromatic N) is 4. The summed E-state index contributed by atoms with van der Waals surface area (Å²) in [6, 6.07) is 11.9. The van der Waals surface area contributed by atoms with E-state index in [1.165, 1.54) is 18.3 Å². The fourth-order valence-electron chi connectivity index (χ4n) is 2.98. The van der Waals surface area contributed by atoms with Gasteiger partial charge in [0.2, 0.25) is 0 Å². The minimum absolute atomic E-state index is 0.281. The number of H-pyrrole nitrogens is 1. The predicted octanol–water partition coefficient (Wildman–Crippen LogP) is 2.99. The van der Waals surface area contributed by atoms with E-state index in [4.69, 9.17) is 0 Å². The van der Waals surface area contributed by atoms with Crippen molar-refractivity contribution in [3.8, 4) is 11.4 Å². The number of hydrogen-bond donors (Lipinski definition) is 3. The van der Waals surface area contributed by atoms with Crippen molar-refractivity contribution in [2.45, 2.75) is 13.0 Å². The molecule has 9 heteroatoms. The Balaban J connectivity index is 1.51. The van der Waals surface area contributed by atoms with Gasteiger partial charge < -0.3 is 10.6 Å². The molecule has 4 rings (SSSR count). The molecule has 0 atom stereocenters. The molecule has 0 saturated carbocycles. The second kappa shape index (κ2) is 9.57. The number of rotatable bonds is 8. The number of hydrogen-bond acceptors (Lipinski definition) is 6. The molecule has 0 aliphatic heterocycles. The summed E-state index contributed by atoms with van der Waals surface area (Å²) < 4.78 is 13.4. The lowest BCUT2D eigenvalue weighted by molar-refractivity contribution is 0.0950. The zero-order chi connectivity index (χ0) is 21.5. The highest BCUT2D eigenvalue weighted by Crippen LogP contribution is 2.19. The van der Waals surface area contributed by atoms with E-state index in [0.29, 0.717) is 35.7 Å². The first kappa shape index (κ1) is 20.1. The maximum absolute atomic E-state index is 13.4. The zero-order valence-electron chi connectivity index (χ0n) is 16.5. The molecule has 0 aliphatic carbocycles. The van der Waals surface area contributed by atoms with Crippen LogP contribution in [0.15, 0.2) is 67.3 Å². The molecule has 1 amide bonds. The van der Waals surface area contributed by atoms with Crippen LogP contribution in [0, 0.1) is 5.82 Å². The SMILES string of the molecule is O=C(NCc1ccccn1)c1cnc(-c2cn[nH]c2)nc1NCCc1cccc(F)c1. The van der Waals surface area contributed by atoms with Crippen molar-refractivity contribution in [3.63, 3.8) is 0 Å². The lowest BCUT2D eigenvalue weighted by Gasteiger charge is -2.12. The Hall–Kier alpha value is -4.14. The van der Waals surface area contributed by atoms with Crippen LogP contribution in [0.1, 0.15) is 21.6 Å². The highest BCUT2D eigenvalue weighted by Gasteiger charge is 2.16. The van der Waals surface area contributed by atoms with Crippen LogP contribution >= 0.6 is 0 Å². The van der Waals surface area contributed by atoms with Crippen LogP contribution < -0.4 is 10.6 Å². The molecular weight excluding hydrogens is 397 g/mol. The van der Waals surface area contributed by atoms with Crippen LogP contribution in [0.5, 0.6) is 0 Å². The van der Waals surface area contributed by atoms with Crippen LogP contribution in [0.25, 0.3) is 11.4 Å². The second-order valence-electron chi connectivity index (χ2n) is 6.75. The van der Waals surface area contributed by atoms with E-state index < -0.39 is 0 Å². The Kier molecular flexibility index (Phi) is 6.22. The maximum atomic E-state index is 13.4. The van der Waals surface area contributed by atoms with Crippen molar-refractivity contribution in [1.82, 2.24) is 30.5 Å². The molecule has 0 spiro atoms. The summed E-state index contributed by atoms with van der Waals surface area (Å²) in [5, 5.41) is 12.7. The molecule has 0 radical (unpaired) electrons. The van der Waals surface area contributed by atoms with E-state index in [9.17, 15) is 9.18 Å². The number of aromatic nitrogens is 5. The minimum Gasteiger partial charge on any atom is -0.369 e. The Bertz CT molecular complexity index is 1150. The van der Waals surface area contributed by atoms with Gasteiger partial charge in [-0.25, -0.2) is 14.4 Å². The number of amides is 1. The lowest BCUT2D eigenvalue weighted by atomic mass is 10.1. The third-order valence-corrected chi connectivity index (χ3v) is 4.54. The first-order valence-electron chi connectivity index (χ1n) is 9.71. The van der Waals surface area contributed by atoms with Gasteiger partial charge in [-0.15, -0.1) is 0 Å².